The zero-order valence-corrected chi connectivity index (χ0v) is 20.2. The van der Waals surface area contributed by atoms with E-state index in [4.69, 9.17) is 21.1 Å². The van der Waals surface area contributed by atoms with E-state index in [0.717, 1.165) is 42.6 Å². The van der Waals surface area contributed by atoms with Crippen molar-refractivity contribution < 1.29 is 14.3 Å². The SMILES string of the molecule is COc1ccc(-c2nnc3ccc(OCCNC(=O)C4(c5ccc(Cl)cc5)CCCC4)nn23)cc1. The van der Waals surface area contributed by atoms with Crippen LogP contribution in [0.4, 0.5) is 0 Å². The lowest BCUT2D eigenvalue weighted by Crippen LogP contribution is -2.44. The van der Waals surface area contributed by atoms with Crippen LogP contribution in [0.25, 0.3) is 17.0 Å². The Morgan fingerprint density at radius 3 is 2.49 bits per heavy atom. The number of carbonyl (C=O) groups is 1. The average Bonchev–Trinajstić information content (AvgIpc) is 3.55. The Balaban J connectivity index is 1.23. The molecule has 180 valence electrons. The highest BCUT2D eigenvalue weighted by Gasteiger charge is 2.42. The maximum atomic E-state index is 13.2. The summed E-state index contributed by atoms with van der Waals surface area (Å²) in [6.45, 7) is 0.669. The van der Waals surface area contributed by atoms with E-state index in [2.05, 4.69) is 20.6 Å². The molecular formula is C26H26ClN5O3. The molecule has 0 spiro atoms. The van der Waals surface area contributed by atoms with E-state index >= 15 is 0 Å². The molecular weight excluding hydrogens is 466 g/mol. The van der Waals surface area contributed by atoms with Crippen LogP contribution in [0, 0.1) is 0 Å². The molecule has 0 saturated heterocycles. The van der Waals surface area contributed by atoms with Gasteiger partial charge < -0.3 is 14.8 Å². The van der Waals surface area contributed by atoms with Gasteiger partial charge in [0.05, 0.1) is 19.1 Å². The molecule has 0 unspecified atom stereocenters. The summed E-state index contributed by atoms with van der Waals surface area (Å²) in [5.74, 6) is 1.82. The fraction of sp³-hybridized carbons (Fsp3) is 0.308. The number of nitrogens with one attached hydrogen (secondary N) is 1. The Hall–Kier alpha value is -3.65. The van der Waals surface area contributed by atoms with E-state index in [1.165, 1.54) is 0 Å². The van der Waals surface area contributed by atoms with Crippen LogP contribution < -0.4 is 14.8 Å². The number of hydrogen-bond donors (Lipinski definition) is 1. The molecule has 2 heterocycles. The minimum absolute atomic E-state index is 0.0323. The zero-order chi connectivity index (χ0) is 24.3. The first-order chi connectivity index (χ1) is 17.1. The lowest BCUT2D eigenvalue weighted by molar-refractivity contribution is -0.126. The second-order valence-corrected chi connectivity index (χ2v) is 9.03. The van der Waals surface area contributed by atoms with Crippen LogP contribution in [0.1, 0.15) is 31.2 Å². The highest BCUT2D eigenvalue weighted by Crippen LogP contribution is 2.41. The lowest BCUT2D eigenvalue weighted by atomic mass is 9.78. The number of fused-ring (bicyclic) bond motifs is 1. The summed E-state index contributed by atoms with van der Waals surface area (Å²) in [7, 11) is 1.63. The van der Waals surface area contributed by atoms with Crippen molar-refractivity contribution in [1.82, 2.24) is 25.1 Å². The monoisotopic (exact) mass is 491 g/mol. The molecule has 1 aliphatic rings. The van der Waals surface area contributed by atoms with Gasteiger partial charge >= 0.3 is 0 Å². The third kappa shape index (κ3) is 4.66. The van der Waals surface area contributed by atoms with Crippen LogP contribution in [0.3, 0.4) is 0 Å². The second kappa shape index (κ2) is 9.92. The van der Waals surface area contributed by atoms with Crippen molar-refractivity contribution in [3.63, 3.8) is 0 Å². The van der Waals surface area contributed by atoms with Gasteiger partial charge in [-0.1, -0.05) is 36.6 Å². The Labute approximate surface area is 208 Å². The van der Waals surface area contributed by atoms with Gasteiger partial charge in [-0.05, 0) is 60.9 Å². The molecule has 0 bridgehead atoms. The first-order valence-electron chi connectivity index (χ1n) is 11.6. The molecule has 5 rings (SSSR count). The molecule has 2 aromatic heterocycles. The van der Waals surface area contributed by atoms with Gasteiger partial charge in [0.15, 0.2) is 11.5 Å². The number of aromatic nitrogens is 4. The highest BCUT2D eigenvalue weighted by molar-refractivity contribution is 6.30. The minimum atomic E-state index is -0.502. The van der Waals surface area contributed by atoms with Gasteiger partial charge in [0.25, 0.3) is 0 Å². The number of rotatable bonds is 8. The Kier molecular flexibility index (Phi) is 6.55. The molecule has 8 nitrogen and oxygen atoms in total. The summed E-state index contributed by atoms with van der Waals surface area (Å²) in [5.41, 5.74) is 1.99. The van der Waals surface area contributed by atoms with Gasteiger partial charge in [-0.3, -0.25) is 4.79 Å². The van der Waals surface area contributed by atoms with Crippen molar-refractivity contribution in [2.24, 2.45) is 0 Å². The largest absolute Gasteiger partial charge is 0.497 e. The molecule has 1 aliphatic carbocycles. The van der Waals surface area contributed by atoms with E-state index in [9.17, 15) is 4.79 Å². The number of benzene rings is 2. The third-order valence-corrected chi connectivity index (χ3v) is 6.76. The van der Waals surface area contributed by atoms with Crippen LogP contribution >= 0.6 is 11.6 Å². The van der Waals surface area contributed by atoms with E-state index in [0.29, 0.717) is 35.5 Å². The number of halogens is 1. The van der Waals surface area contributed by atoms with Crippen LogP contribution in [0.5, 0.6) is 11.6 Å². The van der Waals surface area contributed by atoms with Gasteiger partial charge in [0.2, 0.25) is 11.8 Å². The predicted molar refractivity (Wildman–Crippen MR) is 133 cm³/mol. The molecule has 0 atom stereocenters. The first-order valence-corrected chi connectivity index (χ1v) is 12.0. The minimum Gasteiger partial charge on any atom is -0.497 e. The molecule has 2 aromatic carbocycles. The topological polar surface area (TPSA) is 90.6 Å². The standard InChI is InChI=1S/C26H26ClN5O3/c1-34-21-10-4-18(5-11-21)24-30-29-22-12-13-23(31-32(22)24)35-17-16-28-25(33)26(14-2-3-15-26)19-6-8-20(27)9-7-19/h4-13H,2-3,14-17H2,1H3,(H,28,33). The summed E-state index contributed by atoms with van der Waals surface area (Å²) in [6, 6.07) is 18.7. The molecule has 9 heteroatoms. The Morgan fingerprint density at radius 2 is 1.77 bits per heavy atom. The van der Waals surface area contributed by atoms with Gasteiger partial charge in [-0.15, -0.1) is 15.3 Å². The normalized spacial score (nSPS) is 14.7. The second-order valence-electron chi connectivity index (χ2n) is 8.59. The molecule has 1 fully saturated rings. The van der Waals surface area contributed by atoms with Gasteiger partial charge in [0, 0.05) is 16.7 Å². The number of methoxy groups -OCH3 is 1. The van der Waals surface area contributed by atoms with Crippen molar-refractivity contribution in [1.29, 1.82) is 0 Å². The van der Waals surface area contributed by atoms with E-state index in [-0.39, 0.29) is 5.91 Å². The van der Waals surface area contributed by atoms with Gasteiger partial charge in [-0.2, -0.15) is 4.52 Å². The van der Waals surface area contributed by atoms with Crippen molar-refractivity contribution in [3.05, 3.63) is 71.2 Å². The quantitative estimate of drug-likeness (QED) is 0.366. The molecule has 0 aliphatic heterocycles. The van der Waals surface area contributed by atoms with Crippen LogP contribution in [-0.2, 0) is 10.2 Å². The predicted octanol–water partition coefficient (Wildman–Crippen LogP) is 4.46. The zero-order valence-electron chi connectivity index (χ0n) is 19.4. The van der Waals surface area contributed by atoms with E-state index < -0.39 is 5.41 Å². The van der Waals surface area contributed by atoms with E-state index in [1.807, 2.05) is 48.5 Å². The number of hydrogen-bond acceptors (Lipinski definition) is 6. The fourth-order valence-electron chi connectivity index (χ4n) is 4.65. The first kappa shape index (κ1) is 23.1. The maximum absolute atomic E-state index is 13.2. The Bertz CT molecular complexity index is 1320. The van der Waals surface area contributed by atoms with Crippen LogP contribution in [0.2, 0.25) is 5.02 Å². The van der Waals surface area contributed by atoms with Crippen LogP contribution in [0.15, 0.2) is 60.7 Å². The number of amides is 1. The lowest BCUT2D eigenvalue weighted by Gasteiger charge is -2.28. The summed E-state index contributed by atoms with van der Waals surface area (Å²) in [4.78, 5) is 13.2. The summed E-state index contributed by atoms with van der Waals surface area (Å²) < 4.78 is 12.7. The van der Waals surface area contributed by atoms with E-state index in [1.54, 1.807) is 23.8 Å². The van der Waals surface area contributed by atoms with Gasteiger partial charge in [-0.25, -0.2) is 0 Å². The molecule has 0 radical (unpaired) electrons. The number of ether oxygens (including phenoxy) is 2. The smallest absolute Gasteiger partial charge is 0.231 e. The van der Waals surface area contributed by atoms with Gasteiger partial charge in [0.1, 0.15) is 12.4 Å². The third-order valence-electron chi connectivity index (χ3n) is 6.51. The Morgan fingerprint density at radius 1 is 1.03 bits per heavy atom. The summed E-state index contributed by atoms with van der Waals surface area (Å²) in [5, 5.41) is 16.7. The van der Waals surface area contributed by atoms with Crippen molar-refractivity contribution in [3.8, 4) is 23.0 Å². The summed E-state index contributed by atoms with van der Waals surface area (Å²) >= 11 is 6.05. The molecule has 4 aromatic rings. The fourth-order valence-corrected chi connectivity index (χ4v) is 4.78. The number of nitrogens with zero attached hydrogens (tertiary/aromatic N) is 4. The van der Waals surface area contributed by atoms with Crippen LogP contribution in [-0.4, -0.2) is 46.0 Å². The average molecular weight is 492 g/mol. The van der Waals surface area contributed by atoms with Crippen molar-refractivity contribution in [2.45, 2.75) is 31.1 Å². The van der Waals surface area contributed by atoms with Crippen molar-refractivity contribution >= 4 is 23.2 Å². The number of carbonyl (C=O) groups excluding carboxylic acids is 1. The molecule has 1 amide bonds. The molecule has 1 N–H and O–H groups in total. The molecule has 35 heavy (non-hydrogen) atoms. The summed E-state index contributed by atoms with van der Waals surface area (Å²) in [6.07, 6.45) is 3.74. The van der Waals surface area contributed by atoms with Crippen molar-refractivity contribution in [2.75, 3.05) is 20.3 Å². The molecule has 1 saturated carbocycles. The highest BCUT2D eigenvalue weighted by atomic mass is 35.5. The maximum Gasteiger partial charge on any atom is 0.231 e.